The maximum absolute atomic E-state index is 17.4. The Labute approximate surface area is 235 Å². The highest BCUT2D eigenvalue weighted by atomic mass is 19.1. The van der Waals surface area contributed by atoms with Crippen LogP contribution in [0, 0.1) is 22.7 Å². The van der Waals surface area contributed by atoms with Gasteiger partial charge < -0.3 is 28.8 Å². The maximum atomic E-state index is 17.4. The SMILES string of the molecule is C.COCCOCC(=O)OCC(=O)[C@@]12OC(C)(C)O[C@@H]1CC1C3CCC4=CC(=O)C=CC4(C)[C@@]3(F)[C@@H](O)CC12C. The molecule has 0 aromatic rings. The van der Waals surface area contributed by atoms with Gasteiger partial charge in [-0.05, 0) is 64.5 Å². The largest absolute Gasteiger partial charge is 0.456 e. The number of halogens is 1. The van der Waals surface area contributed by atoms with Crippen molar-refractivity contribution in [2.45, 2.75) is 90.1 Å². The Morgan fingerprint density at radius 2 is 1.88 bits per heavy atom. The number of carbonyl (C=O) groups is 3. The molecule has 9 nitrogen and oxygen atoms in total. The number of alkyl halides is 1. The van der Waals surface area contributed by atoms with Crippen LogP contribution in [0.15, 0.2) is 23.8 Å². The van der Waals surface area contributed by atoms with Crippen LogP contribution in [0.25, 0.3) is 0 Å². The number of aliphatic hydroxyl groups is 1. The van der Waals surface area contributed by atoms with E-state index in [0.29, 0.717) is 31.4 Å². The van der Waals surface area contributed by atoms with Crippen molar-refractivity contribution in [1.29, 1.82) is 0 Å². The lowest BCUT2D eigenvalue weighted by molar-refractivity contribution is -0.246. The third-order valence-corrected chi connectivity index (χ3v) is 10.1. The summed E-state index contributed by atoms with van der Waals surface area (Å²) < 4.78 is 45.5. The van der Waals surface area contributed by atoms with Crippen LogP contribution in [0.2, 0.25) is 0 Å². The van der Waals surface area contributed by atoms with Gasteiger partial charge >= 0.3 is 5.97 Å². The predicted octanol–water partition coefficient (Wildman–Crippen LogP) is 3.27. The Morgan fingerprint density at radius 1 is 1.15 bits per heavy atom. The van der Waals surface area contributed by atoms with Crippen molar-refractivity contribution in [3.05, 3.63) is 23.8 Å². The molecule has 4 aliphatic carbocycles. The molecule has 1 saturated heterocycles. The lowest BCUT2D eigenvalue weighted by Crippen LogP contribution is -2.70. The van der Waals surface area contributed by atoms with E-state index in [4.69, 9.17) is 23.7 Å². The molecular formula is C30H43FO9. The highest BCUT2D eigenvalue weighted by Gasteiger charge is 2.80. The number of hydrogen-bond acceptors (Lipinski definition) is 9. The molecule has 40 heavy (non-hydrogen) atoms. The van der Waals surface area contributed by atoms with E-state index < -0.39 is 64.4 Å². The molecule has 0 spiro atoms. The average molecular weight is 567 g/mol. The number of Topliss-reactive ketones (excluding diaryl/α,β-unsaturated/α-hetero) is 1. The van der Waals surface area contributed by atoms with Gasteiger partial charge in [0.1, 0.15) is 6.61 Å². The fourth-order valence-electron chi connectivity index (χ4n) is 8.40. The molecule has 0 radical (unpaired) electrons. The van der Waals surface area contributed by atoms with Gasteiger partial charge in [-0.25, -0.2) is 9.18 Å². The molecule has 0 aromatic heterocycles. The highest BCUT2D eigenvalue weighted by molar-refractivity contribution is 6.01. The molecule has 4 fully saturated rings. The summed E-state index contributed by atoms with van der Waals surface area (Å²) in [5.41, 5.74) is -5.01. The van der Waals surface area contributed by atoms with Crippen LogP contribution in [0.5, 0.6) is 0 Å². The number of hydrogen-bond donors (Lipinski definition) is 1. The molecule has 0 aromatic carbocycles. The molecule has 10 heteroatoms. The Kier molecular flexibility index (Phi) is 8.04. The lowest BCUT2D eigenvalue weighted by atomic mass is 9.44. The van der Waals surface area contributed by atoms with Gasteiger partial charge in [0.2, 0.25) is 5.78 Å². The maximum Gasteiger partial charge on any atom is 0.332 e. The van der Waals surface area contributed by atoms with Crippen LogP contribution in [0.4, 0.5) is 4.39 Å². The fourth-order valence-corrected chi connectivity index (χ4v) is 8.40. The molecular weight excluding hydrogens is 523 g/mol. The summed E-state index contributed by atoms with van der Waals surface area (Å²) in [6.07, 6.45) is 3.59. The zero-order valence-electron chi connectivity index (χ0n) is 23.3. The van der Waals surface area contributed by atoms with E-state index in [-0.39, 0.29) is 38.8 Å². The molecule has 1 N–H and O–H groups in total. The number of fused-ring (bicyclic) bond motifs is 7. The molecule has 1 heterocycles. The first kappa shape index (κ1) is 31.0. The number of methoxy groups -OCH3 is 1. The summed E-state index contributed by atoms with van der Waals surface area (Å²) in [5, 5.41) is 11.6. The molecule has 4 unspecified atom stereocenters. The molecule has 1 aliphatic heterocycles. The Morgan fingerprint density at radius 3 is 2.58 bits per heavy atom. The van der Waals surface area contributed by atoms with Gasteiger partial charge in [-0.1, -0.05) is 26.0 Å². The van der Waals surface area contributed by atoms with Crippen molar-refractivity contribution >= 4 is 17.5 Å². The second kappa shape index (κ2) is 10.4. The highest BCUT2D eigenvalue weighted by Crippen LogP contribution is 2.72. The van der Waals surface area contributed by atoms with Gasteiger partial charge in [0.15, 0.2) is 29.4 Å². The standard InChI is InChI=1S/C29H39FO9.CH4/c1-25(2)38-23-13-20-19-7-6-17-12-18(31)8-9-26(17,3)28(19,30)21(32)14-27(20,4)29(23,39-25)22(33)15-37-24(34)16-36-11-10-35-5;/h8-9,12,19-21,23,32H,6-7,10-11,13-16H2,1-5H3;1H4/t19?,20?,21-,23+,26?,27?,28-,29+;/m0./s1. The smallest absolute Gasteiger partial charge is 0.332 e. The molecule has 224 valence electrons. The van der Waals surface area contributed by atoms with Crippen LogP contribution in [0.1, 0.15) is 60.8 Å². The number of carbonyl (C=O) groups excluding carboxylic acids is 3. The van der Waals surface area contributed by atoms with Crippen molar-refractivity contribution < 1.29 is 47.6 Å². The minimum Gasteiger partial charge on any atom is -0.456 e. The minimum atomic E-state index is -2.04. The molecule has 3 saturated carbocycles. The molecule has 5 aliphatic rings. The van der Waals surface area contributed by atoms with Crippen LogP contribution in [-0.4, -0.2) is 85.4 Å². The number of rotatable bonds is 8. The first-order chi connectivity index (χ1) is 18.2. The first-order valence-corrected chi connectivity index (χ1v) is 13.7. The van der Waals surface area contributed by atoms with Crippen molar-refractivity contribution in [2.75, 3.05) is 33.5 Å². The second-order valence-corrected chi connectivity index (χ2v) is 12.5. The van der Waals surface area contributed by atoms with Crippen molar-refractivity contribution in [1.82, 2.24) is 0 Å². The monoisotopic (exact) mass is 566 g/mol. The third kappa shape index (κ3) is 4.24. The van der Waals surface area contributed by atoms with Crippen molar-refractivity contribution in [3.63, 3.8) is 0 Å². The Bertz CT molecular complexity index is 1120. The number of esters is 1. The van der Waals surface area contributed by atoms with Crippen LogP contribution in [-0.2, 0) is 38.1 Å². The number of aliphatic hydroxyl groups excluding tert-OH is 1. The summed E-state index contributed by atoms with van der Waals surface area (Å²) in [5.74, 6) is -3.41. The molecule has 5 rings (SSSR count). The summed E-state index contributed by atoms with van der Waals surface area (Å²) in [7, 11) is 1.52. The van der Waals surface area contributed by atoms with Crippen LogP contribution >= 0.6 is 0 Å². The molecule has 8 atom stereocenters. The lowest BCUT2D eigenvalue weighted by Gasteiger charge is -2.62. The molecule has 0 bridgehead atoms. The van der Waals surface area contributed by atoms with Gasteiger partial charge in [0.05, 0.1) is 25.4 Å². The Balaban J connectivity index is 0.00000370. The third-order valence-electron chi connectivity index (χ3n) is 10.1. The number of ketones is 2. The van der Waals surface area contributed by atoms with E-state index in [0.717, 1.165) is 0 Å². The fraction of sp³-hybridized carbons (Fsp3) is 0.767. The van der Waals surface area contributed by atoms with Crippen molar-refractivity contribution in [2.24, 2.45) is 22.7 Å². The minimum absolute atomic E-state index is 0. The van der Waals surface area contributed by atoms with Gasteiger partial charge in [-0.3, -0.25) is 9.59 Å². The van der Waals surface area contributed by atoms with E-state index in [2.05, 4.69) is 0 Å². The summed E-state index contributed by atoms with van der Waals surface area (Å²) in [6.45, 7) is 6.70. The normalized spacial score (nSPS) is 42.6. The summed E-state index contributed by atoms with van der Waals surface area (Å²) >= 11 is 0. The van der Waals surface area contributed by atoms with Crippen molar-refractivity contribution in [3.8, 4) is 0 Å². The van der Waals surface area contributed by atoms with E-state index in [1.165, 1.54) is 19.3 Å². The summed E-state index contributed by atoms with van der Waals surface area (Å²) in [4.78, 5) is 38.3. The molecule has 0 amide bonds. The first-order valence-electron chi connectivity index (χ1n) is 13.7. The van der Waals surface area contributed by atoms with E-state index in [1.807, 2.05) is 6.92 Å². The predicted molar refractivity (Wildman–Crippen MR) is 142 cm³/mol. The zero-order valence-corrected chi connectivity index (χ0v) is 23.3. The van der Waals surface area contributed by atoms with Gasteiger partial charge in [0, 0.05) is 23.9 Å². The average Bonchev–Trinajstić information content (AvgIpc) is 3.27. The zero-order chi connectivity index (χ0) is 28.4. The topological polar surface area (TPSA) is 118 Å². The summed E-state index contributed by atoms with van der Waals surface area (Å²) in [6, 6.07) is 0. The van der Waals surface area contributed by atoms with E-state index in [9.17, 15) is 19.5 Å². The Hall–Kier alpha value is -1.98. The van der Waals surface area contributed by atoms with Gasteiger partial charge in [0.25, 0.3) is 0 Å². The van der Waals surface area contributed by atoms with Crippen LogP contribution in [0.3, 0.4) is 0 Å². The van der Waals surface area contributed by atoms with Gasteiger partial charge in [-0.2, -0.15) is 0 Å². The number of allylic oxidation sites excluding steroid dienone is 4. The second-order valence-electron chi connectivity index (χ2n) is 12.5. The number of ether oxygens (including phenoxy) is 5. The van der Waals surface area contributed by atoms with E-state index >= 15 is 4.39 Å². The quantitative estimate of drug-likeness (QED) is 0.349. The van der Waals surface area contributed by atoms with E-state index in [1.54, 1.807) is 26.8 Å². The van der Waals surface area contributed by atoms with Gasteiger partial charge in [-0.15, -0.1) is 0 Å². The van der Waals surface area contributed by atoms with Crippen LogP contribution < -0.4 is 0 Å².